The van der Waals surface area contributed by atoms with E-state index in [0.29, 0.717) is 11.1 Å². The molecule has 0 unspecified atom stereocenters. The second-order valence-electron chi connectivity index (χ2n) is 6.14. The molecule has 130 valence electrons. The number of allylic oxidation sites excluding steroid dienone is 3. The molecule has 2 nitrogen and oxygen atoms in total. The number of carboxylic acids is 1. The second-order valence-corrected chi connectivity index (χ2v) is 6.14. The quantitative estimate of drug-likeness (QED) is 0.358. The van der Waals surface area contributed by atoms with Crippen LogP contribution in [0, 0.1) is 0 Å². The first-order valence-corrected chi connectivity index (χ1v) is 8.91. The van der Waals surface area contributed by atoms with Gasteiger partial charge in [-0.25, -0.2) is 4.79 Å². The number of aryl methyl sites for hydroxylation is 1. The maximum absolute atomic E-state index is 11.4. The van der Waals surface area contributed by atoms with E-state index >= 15 is 0 Å². The minimum Gasteiger partial charge on any atom is -0.478 e. The molecule has 0 aromatic heterocycles. The van der Waals surface area contributed by atoms with E-state index in [1.165, 1.54) is 24.8 Å². The van der Waals surface area contributed by atoms with Crippen molar-refractivity contribution in [2.24, 2.45) is 0 Å². The van der Waals surface area contributed by atoms with Crippen molar-refractivity contribution < 1.29 is 9.90 Å². The van der Waals surface area contributed by atoms with Gasteiger partial charge in [0.2, 0.25) is 0 Å². The maximum atomic E-state index is 11.4. The largest absolute Gasteiger partial charge is 0.478 e. The van der Waals surface area contributed by atoms with E-state index in [1.54, 1.807) is 12.2 Å². The third-order valence-electron chi connectivity index (χ3n) is 4.24. The summed E-state index contributed by atoms with van der Waals surface area (Å²) in [5.74, 6) is -0.915. The Labute approximate surface area is 150 Å². The highest BCUT2D eigenvalue weighted by atomic mass is 16.4. The first kappa shape index (κ1) is 18.7. The van der Waals surface area contributed by atoms with E-state index in [4.69, 9.17) is 0 Å². The van der Waals surface area contributed by atoms with Crippen molar-refractivity contribution in [3.63, 3.8) is 0 Å². The van der Waals surface area contributed by atoms with Crippen molar-refractivity contribution >= 4 is 11.5 Å². The van der Waals surface area contributed by atoms with Crippen molar-refractivity contribution in [1.29, 1.82) is 0 Å². The molecule has 2 aromatic carbocycles. The van der Waals surface area contributed by atoms with E-state index in [0.717, 1.165) is 17.5 Å². The third-order valence-corrected chi connectivity index (χ3v) is 4.24. The van der Waals surface area contributed by atoms with Crippen LogP contribution in [0.25, 0.3) is 16.7 Å². The van der Waals surface area contributed by atoms with Crippen molar-refractivity contribution in [3.05, 3.63) is 77.9 Å². The van der Waals surface area contributed by atoms with Crippen LogP contribution in [0.5, 0.6) is 0 Å². The number of unbranched alkanes of at least 4 members (excludes halogenated alkanes) is 2. The van der Waals surface area contributed by atoms with Crippen LogP contribution < -0.4 is 0 Å². The van der Waals surface area contributed by atoms with Gasteiger partial charge in [-0.2, -0.15) is 0 Å². The predicted molar refractivity (Wildman–Crippen MR) is 106 cm³/mol. The molecule has 0 aliphatic heterocycles. The van der Waals surface area contributed by atoms with Crippen LogP contribution in [0.3, 0.4) is 0 Å². The van der Waals surface area contributed by atoms with Gasteiger partial charge >= 0.3 is 5.97 Å². The van der Waals surface area contributed by atoms with Gasteiger partial charge in [0, 0.05) is 0 Å². The molecule has 0 aliphatic rings. The average Bonchev–Trinajstić information content (AvgIpc) is 2.63. The fraction of sp³-hybridized carbons (Fsp3) is 0.261. The molecule has 2 aromatic rings. The SMILES string of the molecule is CC=CC=C(C(=O)O)c1ccc(-c2ccc(CCCCC)cc2)cc1. The summed E-state index contributed by atoms with van der Waals surface area (Å²) in [6.45, 7) is 4.08. The van der Waals surface area contributed by atoms with E-state index in [9.17, 15) is 9.90 Å². The topological polar surface area (TPSA) is 37.3 Å². The van der Waals surface area contributed by atoms with Crippen LogP contribution in [0.1, 0.15) is 44.2 Å². The third kappa shape index (κ3) is 5.46. The standard InChI is InChI=1S/C23H26O2/c1-3-5-7-8-18-10-12-19(13-11-18)20-14-16-21(17-15-20)22(23(24)25)9-6-4-2/h4,6,9-17H,3,5,7-8H2,1-2H3,(H,24,25). The molecule has 0 aliphatic carbocycles. The summed E-state index contributed by atoms with van der Waals surface area (Å²) in [6, 6.07) is 16.4. The zero-order valence-corrected chi connectivity index (χ0v) is 15.0. The Bertz CT molecular complexity index is 735. The second kappa shape index (κ2) is 9.63. The van der Waals surface area contributed by atoms with Gasteiger partial charge in [0.05, 0.1) is 5.57 Å². The molecular formula is C23H26O2. The lowest BCUT2D eigenvalue weighted by Gasteiger charge is -2.07. The van der Waals surface area contributed by atoms with Gasteiger partial charge in [-0.1, -0.05) is 80.4 Å². The van der Waals surface area contributed by atoms with Gasteiger partial charge in [0.1, 0.15) is 0 Å². The summed E-state index contributed by atoms with van der Waals surface area (Å²) in [4.78, 5) is 11.4. The lowest BCUT2D eigenvalue weighted by molar-refractivity contribution is -0.130. The van der Waals surface area contributed by atoms with E-state index in [2.05, 4.69) is 31.2 Å². The Morgan fingerprint density at radius 3 is 2.08 bits per heavy atom. The minimum absolute atomic E-state index is 0.302. The highest BCUT2D eigenvalue weighted by Gasteiger charge is 2.09. The lowest BCUT2D eigenvalue weighted by Crippen LogP contribution is -1.99. The van der Waals surface area contributed by atoms with Crippen molar-refractivity contribution in [1.82, 2.24) is 0 Å². The predicted octanol–water partition coefficient (Wildman–Crippen LogP) is 6.13. The molecule has 0 bridgehead atoms. The average molecular weight is 334 g/mol. The van der Waals surface area contributed by atoms with E-state index in [1.807, 2.05) is 37.3 Å². The number of carbonyl (C=O) groups is 1. The van der Waals surface area contributed by atoms with Gasteiger partial charge in [-0.15, -0.1) is 0 Å². The van der Waals surface area contributed by atoms with Gasteiger partial charge in [0.25, 0.3) is 0 Å². The molecule has 2 heteroatoms. The Balaban J connectivity index is 2.15. The molecule has 0 atom stereocenters. The van der Waals surface area contributed by atoms with Crippen LogP contribution >= 0.6 is 0 Å². The zero-order chi connectivity index (χ0) is 18.1. The number of rotatable bonds is 8. The number of hydrogen-bond acceptors (Lipinski definition) is 1. The Hall–Kier alpha value is -2.61. The van der Waals surface area contributed by atoms with Gasteiger partial charge in [0.15, 0.2) is 0 Å². The summed E-state index contributed by atoms with van der Waals surface area (Å²) in [5.41, 5.74) is 4.64. The van der Waals surface area contributed by atoms with Crippen molar-refractivity contribution in [2.45, 2.75) is 39.5 Å². The van der Waals surface area contributed by atoms with Crippen molar-refractivity contribution in [3.8, 4) is 11.1 Å². The fourth-order valence-electron chi connectivity index (χ4n) is 2.77. The van der Waals surface area contributed by atoms with Crippen molar-refractivity contribution in [2.75, 3.05) is 0 Å². The highest BCUT2D eigenvalue weighted by Crippen LogP contribution is 2.24. The molecule has 0 radical (unpaired) electrons. The first-order valence-electron chi connectivity index (χ1n) is 8.91. The molecule has 0 spiro atoms. The molecule has 0 amide bonds. The van der Waals surface area contributed by atoms with Crippen LogP contribution in [-0.2, 0) is 11.2 Å². The Kier molecular flexibility index (Phi) is 7.21. The maximum Gasteiger partial charge on any atom is 0.336 e. The summed E-state index contributed by atoms with van der Waals surface area (Å²) >= 11 is 0. The first-order chi connectivity index (χ1) is 12.2. The Morgan fingerprint density at radius 1 is 0.960 bits per heavy atom. The molecule has 0 saturated carbocycles. The number of carboxylic acid groups (broad SMARTS) is 1. The van der Waals surface area contributed by atoms with Crippen LogP contribution in [0.4, 0.5) is 0 Å². The number of aliphatic carboxylic acids is 1. The molecule has 0 fully saturated rings. The van der Waals surface area contributed by atoms with Gasteiger partial charge in [-0.3, -0.25) is 0 Å². The highest BCUT2D eigenvalue weighted by molar-refractivity contribution is 6.15. The minimum atomic E-state index is -0.915. The molecule has 0 heterocycles. The number of hydrogen-bond donors (Lipinski definition) is 1. The zero-order valence-electron chi connectivity index (χ0n) is 15.0. The van der Waals surface area contributed by atoms with Crippen LogP contribution in [0.2, 0.25) is 0 Å². The summed E-state index contributed by atoms with van der Waals surface area (Å²) in [6.07, 6.45) is 10.1. The summed E-state index contributed by atoms with van der Waals surface area (Å²) < 4.78 is 0. The monoisotopic (exact) mass is 334 g/mol. The van der Waals surface area contributed by atoms with Crippen LogP contribution in [0.15, 0.2) is 66.8 Å². The van der Waals surface area contributed by atoms with Gasteiger partial charge in [-0.05, 0) is 48.1 Å². The smallest absolute Gasteiger partial charge is 0.336 e. The van der Waals surface area contributed by atoms with Gasteiger partial charge < -0.3 is 5.11 Å². The summed E-state index contributed by atoms with van der Waals surface area (Å²) in [5, 5.41) is 9.36. The molecular weight excluding hydrogens is 308 g/mol. The van der Waals surface area contributed by atoms with E-state index in [-0.39, 0.29) is 0 Å². The normalized spacial score (nSPS) is 11.8. The molecule has 2 rings (SSSR count). The fourth-order valence-corrected chi connectivity index (χ4v) is 2.77. The van der Waals surface area contributed by atoms with E-state index < -0.39 is 5.97 Å². The Morgan fingerprint density at radius 2 is 1.56 bits per heavy atom. The number of benzene rings is 2. The molecule has 0 saturated heterocycles. The molecule has 25 heavy (non-hydrogen) atoms. The molecule has 1 N–H and O–H groups in total. The lowest BCUT2D eigenvalue weighted by atomic mass is 9.98. The summed E-state index contributed by atoms with van der Waals surface area (Å²) in [7, 11) is 0. The van der Waals surface area contributed by atoms with Crippen LogP contribution in [-0.4, -0.2) is 11.1 Å².